The molecule has 25 heavy (non-hydrogen) atoms. The van der Waals surface area contributed by atoms with Crippen molar-refractivity contribution in [3.63, 3.8) is 0 Å². The molecule has 7 nitrogen and oxygen atoms in total. The molecule has 1 fully saturated rings. The zero-order chi connectivity index (χ0) is 18.2. The summed E-state index contributed by atoms with van der Waals surface area (Å²) in [5, 5.41) is 3.57. The number of likely N-dealkylation sites (N-methyl/N-ethyl adjacent to an activating group) is 1. The highest BCUT2D eigenvalue weighted by Gasteiger charge is 2.31. The zero-order valence-corrected chi connectivity index (χ0v) is 14.9. The Morgan fingerprint density at radius 1 is 1.36 bits per heavy atom. The SMILES string of the molecule is Cc1cc(=O)oc2cc(NC(=O)CN(C)C3CCS(=O)(=O)C3)ccc12. The molecule has 1 aromatic carbocycles. The maximum Gasteiger partial charge on any atom is 0.336 e. The number of hydrogen-bond acceptors (Lipinski definition) is 6. The summed E-state index contributed by atoms with van der Waals surface area (Å²) in [5.41, 5.74) is 1.32. The standard InChI is InChI=1S/C17H20N2O5S/c1-11-7-17(21)24-15-8-12(3-4-14(11)15)18-16(20)9-19(2)13-5-6-25(22,23)10-13/h3-4,7-8,13H,5-6,9-10H2,1-2H3,(H,18,20). The fourth-order valence-electron chi connectivity index (χ4n) is 3.08. The number of nitrogens with one attached hydrogen (secondary N) is 1. The topological polar surface area (TPSA) is 96.7 Å². The molecule has 3 rings (SSSR count). The van der Waals surface area contributed by atoms with Crippen LogP contribution < -0.4 is 10.9 Å². The summed E-state index contributed by atoms with van der Waals surface area (Å²) in [6.45, 7) is 1.91. The zero-order valence-electron chi connectivity index (χ0n) is 14.1. The van der Waals surface area contributed by atoms with E-state index in [0.717, 1.165) is 10.9 Å². The van der Waals surface area contributed by atoms with E-state index in [4.69, 9.17) is 4.42 Å². The van der Waals surface area contributed by atoms with Crippen LogP contribution in [0.3, 0.4) is 0 Å². The second-order valence-electron chi connectivity index (χ2n) is 6.48. The molecule has 1 N–H and O–H groups in total. The summed E-state index contributed by atoms with van der Waals surface area (Å²) in [4.78, 5) is 25.4. The first-order chi connectivity index (χ1) is 11.7. The molecule has 0 aliphatic carbocycles. The average Bonchev–Trinajstić information content (AvgIpc) is 2.86. The summed E-state index contributed by atoms with van der Waals surface area (Å²) in [6.07, 6.45) is 0.548. The van der Waals surface area contributed by atoms with Gasteiger partial charge in [0.05, 0.1) is 18.1 Å². The Balaban J connectivity index is 1.68. The van der Waals surface area contributed by atoms with Gasteiger partial charge in [-0.3, -0.25) is 9.69 Å². The van der Waals surface area contributed by atoms with Gasteiger partial charge in [0.15, 0.2) is 9.84 Å². The van der Waals surface area contributed by atoms with Crippen molar-refractivity contribution in [2.75, 3.05) is 30.4 Å². The average molecular weight is 364 g/mol. The Hall–Kier alpha value is -2.19. The van der Waals surface area contributed by atoms with Crippen LogP contribution in [-0.2, 0) is 14.6 Å². The lowest BCUT2D eigenvalue weighted by Gasteiger charge is -2.22. The molecule has 134 valence electrons. The molecular weight excluding hydrogens is 344 g/mol. The van der Waals surface area contributed by atoms with E-state index in [2.05, 4.69) is 5.32 Å². The van der Waals surface area contributed by atoms with Crippen LogP contribution in [-0.4, -0.2) is 50.4 Å². The van der Waals surface area contributed by atoms with Crippen LogP contribution in [0.4, 0.5) is 5.69 Å². The van der Waals surface area contributed by atoms with E-state index in [1.807, 2.05) is 6.92 Å². The first-order valence-electron chi connectivity index (χ1n) is 7.98. The van der Waals surface area contributed by atoms with Gasteiger partial charge in [0.2, 0.25) is 5.91 Å². The number of rotatable bonds is 4. The van der Waals surface area contributed by atoms with Crippen LogP contribution in [0.15, 0.2) is 33.5 Å². The number of amides is 1. The minimum Gasteiger partial charge on any atom is -0.423 e. The third kappa shape index (κ3) is 4.08. The molecule has 0 saturated carbocycles. The van der Waals surface area contributed by atoms with Crippen LogP contribution in [0.5, 0.6) is 0 Å². The number of sulfone groups is 1. The van der Waals surface area contributed by atoms with Crippen LogP contribution in [0, 0.1) is 6.92 Å². The van der Waals surface area contributed by atoms with Crippen molar-refractivity contribution in [3.05, 3.63) is 40.2 Å². The molecule has 1 saturated heterocycles. The minimum atomic E-state index is -2.98. The van der Waals surface area contributed by atoms with Gasteiger partial charge in [0.1, 0.15) is 5.58 Å². The fraction of sp³-hybridized carbons (Fsp3) is 0.412. The molecule has 1 atom stereocenters. The van der Waals surface area contributed by atoms with Crippen molar-refractivity contribution < 1.29 is 17.6 Å². The first-order valence-corrected chi connectivity index (χ1v) is 9.81. The Morgan fingerprint density at radius 3 is 2.80 bits per heavy atom. The van der Waals surface area contributed by atoms with Crippen LogP contribution in [0.2, 0.25) is 0 Å². The quantitative estimate of drug-likeness (QED) is 0.818. The predicted octanol–water partition coefficient (Wildman–Crippen LogP) is 1.16. The maximum absolute atomic E-state index is 12.2. The van der Waals surface area contributed by atoms with Gasteiger partial charge in [-0.25, -0.2) is 13.2 Å². The number of anilines is 1. The van der Waals surface area contributed by atoms with Crippen LogP contribution >= 0.6 is 0 Å². The van der Waals surface area contributed by atoms with Gasteiger partial charge in [0.25, 0.3) is 0 Å². The van der Waals surface area contributed by atoms with Crippen LogP contribution in [0.1, 0.15) is 12.0 Å². The summed E-state index contributed by atoms with van der Waals surface area (Å²) in [7, 11) is -1.24. The van der Waals surface area contributed by atoms with E-state index in [9.17, 15) is 18.0 Å². The van der Waals surface area contributed by atoms with Crippen molar-refractivity contribution in [1.82, 2.24) is 4.90 Å². The number of hydrogen-bond donors (Lipinski definition) is 1. The van der Waals surface area contributed by atoms with Gasteiger partial charge < -0.3 is 9.73 Å². The van der Waals surface area contributed by atoms with Crippen LogP contribution in [0.25, 0.3) is 11.0 Å². The predicted molar refractivity (Wildman–Crippen MR) is 95.5 cm³/mol. The third-order valence-electron chi connectivity index (χ3n) is 4.46. The second kappa shape index (κ2) is 6.61. The minimum absolute atomic E-state index is 0.0932. The highest BCUT2D eigenvalue weighted by molar-refractivity contribution is 7.91. The van der Waals surface area contributed by atoms with Gasteiger partial charge in [-0.2, -0.15) is 0 Å². The smallest absolute Gasteiger partial charge is 0.336 e. The van der Waals surface area contributed by atoms with E-state index in [1.54, 1.807) is 30.1 Å². The van der Waals surface area contributed by atoms with Crippen molar-refractivity contribution >= 4 is 32.4 Å². The molecule has 0 radical (unpaired) electrons. The highest BCUT2D eigenvalue weighted by Crippen LogP contribution is 2.21. The fourth-order valence-corrected chi connectivity index (χ4v) is 4.89. The van der Waals surface area contributed by atoms with Gasteiger partial charge in [-0.05, 0) is 38.1 Å². The molecule has 2 aromatic rings. The largest absolute Gasteiger partial charge is 0.423 e. The van der Waals surface area contributed by atoms with E-state index >= 15 is 0 Å². The van der Waals surface area contributed by atoms with E-state index in [1.165, 1.54) is 6.07 Å². The Bertz CT molecular complexity index is 980. The van der Waals surface area contributed by atoms with Gasteiger partial charge in [-0.1, -0.05) is 0 Å². The lowest BCUT2D eigenvalue weighted by Crippen LogP contribution is -2.38. The lowest BCUT2D eigenvalue weighted by atomic mass is 10.1. The Morgan fingerprint density at radius 2 is 2.12 bits per heavy atom. The first kappa shape index (κ1) is 17.6. The summed E-state index contributed by atoms with van der Waals surface area (Å²) in [6, 6.07) is 6.43. The van der Waals surface area contributed by atoms with Gasteiger partial charge >= 0.3 is 5.63 Å². The van der Waals surface area contributed by atoms with Crippen molar-refractivity contribution in [2.45, 2.75) is 19.4 Å². The molecule has 1 amide bonds. The number of carbonyl (C=O) groups is 1. The van der Waals surface area contributed by atoms with Crippen molar-refractivity contribution in [1.29, 1.82) is 0 Å². The van der Waals surface area contributed by atoms with Gasteiger partial charge in [0, 0.05) is 29.2 Å². The molecule has 0 bridgehead atoms. The number of benzene rings is 1. The van der Waals surface area contributed by atoms with Crippen molar-refractivity contribution in [3.8, 4) is 0 Å². The lowest BCUT2D eigenvalue weighted by molar-refractivity contribution is -0.117. The highest BCUT2D eigenvalue weighted by atomic mass is 32.2. The monoisotopic (exact) mass is 364 g/mol. The molecule has 0 spiro atoms. The molecule has 1 aliphatic rings. The maximum atomic E-state index is 12.2. The van der Waals surface area contributed by atoms with E-state index < -0.39 is 15.5 Å². The third-order valence-corrected chi connectivity index (χ3v) is 6.21. The molecule has 8 heteroatoms. The Kier molecular flexibility index (Phi) is 4.66. The Labute approximate surface area is 145 Å². The number of fused-ring (bicyclic) bond motifs is 1. The second-order valence-corrected chi connectivity index (χ2v) is 8.71. The normalized spacial score (nSPS) is 19.4. The van der Waals surface area contributed by atoms with E-state index in [0.29, 0.717) is 17.7 Å². The van der Waals surface area contributed by atoms with Gasteiger partial charge in [-0.15, -0.1) is 0 Å². The summed E-state index contributed by atoms with van der Waals surface area (Å²) >= 11 is 0. The molecule has 2 heterocycles. The number of nitrogens with zero attached hydrogens (tertiary/aromatic N) is 1. The molecule has 1 aliphatic heterocycles. The molecule has 1 unspecified atom stereocenters. The van der Waals surface area contributed by atoms with E-state index in [-0.39, 0.29) is 30.0 Å². The number of aryl methyl sites for hydroxylation is 1. The molecule has 1 aromatic heterocycles. The van der Waals surface area contributed by atoms with Crippen molar-refractivity contribution in [2.24, 2.45) is 0 Å². The summed E-state index contributed by atoms with van der Waals surface area (Å²) in [5.74, 6) is 0.0188. The summed E-state index contributed by atoms with van der Waals surface area (Å²) < 4.78 is 28.2. The number of carbonyl (C=O) groups excluding carboxylic acids is 1. The molecular formula is C17H20N2O5S.